The molecule has 3 aliphatic carbocycles. The van der Waals surface area contributed by atoms with E-state index in [4.69, 9.17) is 4.74 Å². The number of para-hydroxylation sites is 1. The van der Waals surface area contributed by atoms with Crippen molar-refractivity contribution < 1.29 is 19.4 Å². The van der Waals surface area contributed by atoms with Crippen molar-refractivity contribution >= 4 is 22.7 Å². The van der Waals surface area contributed by atoms with Gasteiger partial charge in [0.05, 0.1) is 11.6 Å². The molecule has 192 valence electrons. The second-order valence-electron chi connectivity index (χ2n) is 11.9. The molecule has 7 nitrogen and oxygen atoms in total. The van der Waals surface area contributed by atoms with Crippen molar-refractivity contribution in [3.05, 3.63) is 52.8 Å². The highest BCUT2D eigenvalue weighted by molar-refractivity contribution is 5.91. The van der Waals surface area contributed by atoms with E-state index in [0.717, 1.165) is 19.3 Å². The molecule has 3 aliphatic rings. The minimum Gasteiger partial charge on any atom is -0.457 e. The Morgan fingerprint density at radius 3 is 2.67 bits per heavy atom. The number of aromatic amines is 1. The summed E-state index contributed by atoms with van der Waals surface area (Å²) in [6.07, 6.45) is 3.56. The minimum atomic E-state index is -0.809. The number of hydrogen-bond acceptors (Lipinski definition) is 6. The van der Waals surface area contributed by atoms with Crippen LogP contribution in [0.1, 0.15) is 70.3 Å². The summed E-state index contributed by atoms with van der Waals surface area (Å²) in [7, 11) is 0. The predicted octanol–water partition coefficient (Wildman–Crippen LogP) is 4.44. The molecule has 1 heterocycles. The van der Waals surface area contributed by atoms with E-state index in [2.05, 4.69) is 37.5 Å². The van der Waals surface area contributed by atoms with Crippen molar-refractivity contribution in [3.8, 4) is 0 Å². The van der Waals surface area contributed by atoms with Crippen LogP contribution in [0.15, 0.2) is 41.7 Å². The molecule has 0 saturated heterocycles. The number of H-pyrrole nitrogens is 1. The normalized spacial score (nSPS) is 40.2. The number of nitrogens with zero attached hydrogens (tertiary/aromatic N) is 1. The number of carbonyl (C=O) groups excluding carboxylic acids is 2. The maximum atomic E-state index is 13.5. The van der Waals surface area contributed by atoms with Gasteiger partial charge in [0.1, 0.15) is 11.9 Å². The first-order chi connectivity index (χ1) is 17.0. The Morgan fingerprint density at radius 2 is 1.94 bits per heavy atom. The number of Topliss-reactive ketones (excluding diaryl/α,β-unsaturated/α-hetero) is 1. The van der Waals surface area contributed by atoms with Gasteiger partial charge in [-0.1, -0.05) is 45.9 Å². The van der Waals surface area contributed by atoms with E-state index in [0.29, 0.717) is 23.7 Å². The Morgan fingerprint density at radius 1 is 1.22 bits per heavy atom. The fourth-order valence-corrected chi connectivity index (χ4v) is 7.90. The average Bonchev–Trinajstić information content (AvgIpc) is 3.23. The van der Waals surface area contributed by atoms with E-state index in [1.54, 1.807) is 30.3 Å². The summed E-state index contributed by atoms with van der Waals surface area (Å²) < 4.78 is 6.20. The second-order valence-corrected chi connectivity index (χ2v) is 11.9. The molecule has 3 fully saturated rings. The number of carbonyl (C=O) groups is 2. The zero-order valence-corrected chi connectivity index (χ0v) is 21.5. The Kier molecular flexibility index (Phi) is 5.78. The number of aliphatic hydroxyl groups is 1. The van der Waals surface area contributed by atoms with Crippen molar-refractivity contribution in [3.63, 3.8) is 0 Å². The summed E-state index contributed by atoms with van der Waals surface area (Å²) in [5.74, 6) is -0.946. The molecule has 7 heteroatoms. The van der Waals surface area contributed by atoms with Crippen LogP contribution in [0.25, 0.3) is 10.9 Å². The molecule has 0 unspecified atom stereocenters. The average molecular weight is 493 g/mol. The van der Waals surface area contributed by atoms with Crippen LogP contribution in [-0.2, 0) is 9.53 Å². The summed E-state index contributed by atoms with van der Waals surface area (Å²) in [4.78, 5) is 40.1. The van der Waals surface area contributed by atoms with Gasteiger partial charge < -0.3 is 9.84 Å². The highest BCUT2D eigenvalue weighted by atomic mass is 16.5. The lowest BCUT2D eigenvalue weighted by atomic mass is 9.44. The molecule has 0 aliphatic heterocycles. The SMILES string of the molecule is C=C[C@]1(C)C[C@@H](OC(=O)c2n[nH]c3ccccc3c2=O)[C@]2(C)[C@H](C)CC[C@]3(CCC(=O)[C@H]32)[C@@H](C)[C@@H]1O. The summed E-state index contributed by atoms with van der Waals surface area (Å²) in [6.45, 7) is 12.2. The number of esters is 1. The van der Waals surface area contributed by atoms with Crippen LogP contribution < -0.4 is 5.43 Å². The van der Waals surface area contributed by atoms with E-state index in [9.17, 15) is 19.5 Å². The van der Waals surface area contributed by atoms with Gasteiger partial charge in [0, 0.05) is 28.6 Å². The monoisotopic (exact) mass is 492 g/mol. The summed E-state index contributed by atoms with van der Waals surface area (Å²) in [6, 6.07) is 6.88. The van der Waals surface area contributed by atoms with Crippen LogP contribution in [0.5, 0.6) is 0 Å². The first-order valence-electron chi connectivity index (χ1n) is 13.0. The summed E-state index contributed by atoms with van der Waals surface area (Å²) >= 11 is 0. The number of hydrogen-bond donors (Lipinski definition) is 2. The van der Waals surface area contributed by atoms with Gasteiger partial charge in [-0.3, -0.25) is 14.7 Å². The minimum absolute atomic E-state index is 0.106. The van der Waals surface area contributed by atoms with Gasteiger partial charge in [-0.2, -0.15) is 5.10 Å². The van der Waals surface area contributed by atoms with E-state index in [-0.39, 0.29) is 34.6 Å². The van der Waals surface area contributed by atoms with Gasteiger partial charge in [-0.25, -0.2) is 4.79 Å². The number of fused-ring (bicyclic) bond motifs is 1. The van der Waals surface area contributed by atoms with Crippen LogP contribution in [-0.4, -0.2) is 39.3 Å². The third-order valence-electron chi connectivity index (χ3n) is 10.4. The molecule has 1 aromatic carbocycles. The number of benzene rings is 1. The first-order valence-corrected chi connectivity index (χ1v) is 13.0. The second kappa shape index (κ2) is 8.37. The summed E-state index contributed by atoms with van der Waals surface area (Å²) in [5.41, 5.74) is -2.00. The zero-order valence-electron chi connectivity index (χ0n) is 21.5. The van der Waals surface area contributed by atoms with Crippen molar-refractivity contribution in [1.29, 1.82) is 0 Å². The lowest BCUT2D eigenvalue weighted by Crippen LogP contribution is -2.63. The van der Waals surface area contributed by atoms with Crippen molar-refractivity contribution in [2.75, 3.05) is 0 Å². The molecule has 0 spiro atoms. The maximum Gasteiger partial charge on any atom is 0.363 e. The molecule has 0 radical (unpaired) electrons. The highest BCUT2D eigenvalue weighted by Crippen LogP contribution is 2.68. The van der Waals surface area contributed by atoms with E-state index >= 15 is 0 Å². The molecule has 2 aromatic rings. The molecule has 2 bridgehead atoms. The van der Waals surface area contributed by atoms with Crippen LogP contribution >= 0.6 is 0 Å². The van der Waals surface area contributed by atoms with Gasteiger partial charge >= 0.3 is 5.97 Å². The molecule has 8 atom stereocenters. The number of aromatic nitrogens is 2. The van der Waals surface area contributed by atoms with Gasteiger partial charge in [0.2, 0.25) is 11.1 Å². The largest absolute Gasteiger partial charge is 0.457 e. The van der Waals surface area contributed by atoms with Gasteiger partial charge in [-0.05, 0) is 55.1 Å². The molecule has 1 aromatic heterocycles. The number of rotatable bonds is 3. The van der Waals surface area contributed by atoms with Crippen molar-refractivity contribution in [1.82, 2.24) is 10.2 Å². The van der Waals surface area contributed by atoms with Gasteiger partial charge in [0.25, 0.3) is 0 Å². The number of aliphatic hydroxyl groups excluding tert-OH is 1. The third kappa shape index (κ3) is 3.28. The fourth-order valence-electron chi connectivity index (χ4n) is 7.90. The zero-order chi connectivity index (χ0) is 26.0. The first kappa shape index (κ1) is 24.9. The van der Waals surface area contributed by atoms with Crippen LogP contribution in [0, 0.1) is 34.0 Å². The fraction of sp³-hybridized carbons (Fsp3) is 0.586. The van der Waals surface area contributed by atoms with Gasteiger partial charge in [-0.15, -0.1) is 6.58 Å². The van der Waals surface area contributed by atoms with E-state index < -0.39 is 34.4 Å². The lowest BCUT2D eigenvalue weighted by molar-refractivity contribution is -0.192. The lowest BCUT2D eigenvalue weighted by Gasteiger charge is -2.61. The standard InChI is InChI=1S/C29H36N2O5/c1-6-27(4)15-21(36-26(35)22-23(33)18-9-7-8-10-19(18)30-31-22)28(5)16(2)11-13-29(17(3)25(27)34)14-12-20(32)24(28)29/h6-10,16-17,21,24-25,34H,1,11-15H2,2-5H3,(H,30,33)/t16-,17+,21-,24+,25+,27-,28+,29+/m1/s1. The van der Waals surface area contributed by atoms with E-state index in [1.165, 1.54) is 0 Å². The molecule has 2 N–H and O–H groups in total. The molecular formula is C29H36N2O5. The Labute approximate surface area is 211 Å². The molecule has 5 rings (SSSR count). The quantitative estimate of drug-likeness (QED) is 0.484. The number of nitrogens with one attached hydrogen (secondary N) is 1. The van der Waals surface area contributed by atoms with Crippen LogP contribution in [0.2, 0.25) is 0 Å². The van der Waals surface area contributed by atoms with Crippen molar-refractivity contribution in [2.24, 2.45) is 34.0 Å². The third-order valence-corrected chi connectivity index (χ3v) is 10.4. The number of ether oxygens (including phenoxy) is 1. The Bertz CT molecular complexity index is 1300. The van der Waals surface area contributed by atoms with E-state index in [1.807, 2.05) is 6.92 Å². The smallest absolute Gasteiger partial charge is 0.363 e. The van der Waals surface area contributed by atoms with Crippen LogP contribution in [0.3, 0.4) is 0 Å². The summed E-state index contributed by atoms with van der Waals surface area (Å²) in [5, 5.41) is 18.8. The molecule has 36 heavy (non-hydrogen) atoms. The van der Waals surface area contributed by atoms with Crippen LogP contribution in [0.4, 0.5) is 0 Å². The molecular weight excluding hydrogens is 456 g/mol. The molecule has 3 saturated carbocycles. The predicted molar refractivity (Wildman–Crippen MR) is 136 cm³/mol. The maximum absolute atomic E-state index is 13.5. The van der Waals surface area contributed by atoms with Gasteiger partial charge in [0.15, 0.2) is 0 Å². The van der Waals surface area contributed by atoms with Crippen molar-refractivity contribution in [2.45, 2.75) is 72.0 Å². The number of ketones is 1. The molecule has 0 amide bonds. The highest BCUT2D eigenvalue weighted by Gasteiger charge is 2.68. The Balaban J connectivity index is 1.63. The Hall–Kier alpha value is -2.80. The topological polar surface area (TPSA) is 109 Å².